The first-order chi connectivity index (χ1) is 8.81. The quantitative estimate of drug-likeness (QED) is 0.807. The lowest BCUT2D eigenvalue weighted by Gasteiger charge is -2.24. The summed E-state index contributed by atoms with van der Waals surface area (Å²) in [5.74, 6) is 1.02. The number of aromatic nitrogens is 2. The van der Waals surface area contributed by atoms with Crippen molar-refractivity contribution in [1.29, 1.82) is 0 Å². The molecule has 0 bridgehead atoms. The van der Waals surface area contributed by atoms with Crippen LogP contribution in [0.3, 0.4) is 0 Å². The number of imidazole rings is 1. The van der Waals surface area contributed by atoms with Gasteiger partial charge in [-0.15, -0.1) is 0 Å². The van der Waals surface area contributed by atoms with Gasteiger partial charge in [-0.2, -0.15) is 0 Å². The van der Waals surface area contributed by atoms with Crippen molar-refractivity contribution in [3.8, 4) is 0 Å². The zero-order valence-electron chi connectivity index (χ0n) is 11.7. The molecular formula is C14H26N4. The Balaban J connectivity index is 1.80. The van der Waals surface area contributed by atoms with E-state index < -0.39 is 0 Å². The van der Waals surface area contributed by atoms with Crippen molar-refractivity contribution in [2.75, 3.05) is 25.0 Å². The minimum absolute atomic E-state index is 0.601. The molecule has 0 amide bonds. The van der Waals surface area contributed by atoms with Gasteiger partial charge in [0.05, 0.1) is 0 Å². The topological polar surface area (TPSA) is 33.1 Å². The Labute approximate surface area is 110 Å². The summed E-state index contributed by atoms with van der Waals surface area (Å²) in [5.41, 5.74) is 0. The van der Waals surface area contributed by atoms with Gasteiger partial charge >= 0.3 is 0 Å². The van der Waals surface area contributed by atoms with Gasteiger partial charge in [0.1, 0.15) is 0 Å². The van der Waals surface area contributed by atoms with Gasteiger partial charge in [-0.3, -0.25) is 4.90 Å². The fourth-order valence-corrected chi connectivity index (χ4v) is 2.54. The molecule has 1 unspecified atom stereocenters. The molecule has 0 aromatic carbocycles. The predicted octanol–water partition coefficient (Wildman–Crippen LogP) is 2.58. The molecule has 0 saturated carbocycles. The van der Waals surface area contributed by atoms with Crippen molar-refractivity contribution in [1.82, 2.24) is 14.5 Å². The smallest absolute Gasteiger partial charge is 0.202 e. The van der Waals surface area contributed by atoms with Crippen LogP contribution in [-0.2, 0) is 6.54 Å². The Bertz CT molecular complexity index is 341. The zero-order chi connectivity index (χ0) is 12.8. The van der Waals surface area contributed by atoms with E-state index >= 15 is 0 Å². The fourth-order valence-electron chi connectivity index (χ4n) is 2.54. The first-order valence-corrected chi connectivity index (χ1v) is 7.30. The maximum absolute atomic E-state index is 4.40. The number of anilines is 1. The maximum Gasteiger partial charge on any atom is 0.202 e. The molecular weight excluding hydrogens is 224 g/mol. The average molecular weight is 250 g/mol. The third-order valence-electron chi connectivity index (χ3n) is 3.79. The number of likely N-dealkylation sites (tertiary alicyclic amines) is 1. The van der Waals surface area contributed by atoms with Crippen LogP contribution in [0.1, 0.15) is 39.5 Å². The lowest BCUT2D eigenvalue weighted by molar-refractivity contribution is 0.268. The molecule has 4 nitrogen and oxygen atoms in total. The number of nitrogens with one attached hydrogen (secondary N) is 1. The standard InChI is InChI=1S/C14H26N4/c1-3-4-8-18-11-7-15-14(18)16-12-13(2)17-9-5-6-10-17/h7,11,13H,3-6,8-10,12H2,1-2H3,(H,15,16). The van der Waals surface area contributed by atoms with E-state index in [-0.39, 0.29) is 0 Å². The molecule has 1 aliphatic rings. The van der Waals surface area contributed by atoms with Crippen LogP contribution in [0.4, 0.5) is 5.95 Å². The molecule has 18 heavy (non-hydrogen) atoms. The Kier molecular flexibility index (Phi) is 5.05. The lowest BCUT2D eigenvalue weighted by Crippen LogP contribution is -2.36. The number of hydrogen-bond donors (Lipinski definition) is 1. The van der Waals surface area contributed by atoms with E-state index in [1.807, 2.05) is 6.20 Å². The summed E-state index contributed by atoms with van der Waals surface area (Å²) in [5, 5.41) is 3.49. The van der Waals surface area contributed by atoms with Crippen molar-refractivity contribution < 1.29 is 0 Å². The number of rotatable bonds is 7. The highest BCUT2D eigenvalue weighted by molar-refractivity contribution is 5.26. The van der Waals surface area contributed by atoms with E-state index in [4.69, 9.17) is 0 Å². The highest BCUT2D eigenvalue weighted by atomic mass is 15.2. The molecule has 0 radical (unpaired) electrons. The molecule has 1 N–H and O–H groups in total. The van der Waals surface area contributed by atoms with Crippen LogP contribution in [0, 0.1) is 0 Å². The first kappa shape index (κ1) is 13.4. The fraction of sp³-hybridized carbons (Fsp3) is 0.786. The number of nitrogens with zero attached hydrogens (tertiary/aromatic N) is 3. The van der Waals surface area contributed by atoms with Gasteiger partial charge in [0, 0.05) is 31.5 Å². The van der Waals surface area contributed by atoms with Crippen molar-refractivity contribution in [2.24, 2.45) is 0 Å². The van der Waals surface area contributed by atoms with Gasteiger partial charge in [-0.05, 0) is 39.3 Å². The van der Waals surface area contributed by atoms with Crippen molar-refractivity contribution in [3.63, 3.8) is 0 Å². The largest absolute Gasteiger partial charge is 0.354 e. The third kappa shape index (κ3) is 3.48. The Hall–Kier alpha value is -1.03. The van der Waals surface area contributed by atoms with E-state index in [9.17, 15) is 0 Å². The van der Waals surface area contributed by atoms with E-state index in [1.165, 1.54) is 38.8 Å². The monoisotopic (exact) mass is 250 g/mol. The molecule has 4 heteroatoms. The normalized spacial score (nSPS) is 18.1. The SMILES string of the molecule is CCCCn1ccnc1NCC(C)N1CCCC1. The molecule has 1 aromatic rings. The maximum atomic E-state index is 4.40. The van der Waals surface area contributed by atoms with Crippen LogP contribution in [-0.4, -0.2) is 40.1 Å². The van der Waals surface area contributed by atoms with Crippen LogP contribution >= 0.6 is 0 Å². The molecule has 1 aliphatic heterocycles. The van der Waals surface area contributed by atoms with Gasteiger partial charge in [0.15, 0.2) is 0 Å². The van der Waals surface area contributed by atoms with Crippen LogP contribution in [0.25, 0.3) is 0 Å². The predicted molar refractivity (Wildman–Crippen MR) is 75.9 cm³/mol. The van der Waals surface area contributed by atoms with Crippen LogP contribution in [0.2, 0.25) is 0 Å². The van der Waals surface area contributed by atoms with Crippen molar-refractivity contribution >= 4 is 5.95 Å². The Morgan fingerprint density at radius 3 is 2.89 bits per heavy atom. The second kappa shape index (κ2) is 6.78. The van der Waals surface area contributed by atoms with Crippen LogP contribution in [0.5, 0.6) is 0 Å². The van der Waals surface area contributed by atoms with Gasteiger partial charge in [-0.1, -0.05) is 13.3 Å². The van der Waals surface area contributed by atoms with E-state index in [1.54, 1.807) is 0 Å². The van der Waals surface area contributed by atoms with Gasteiger partial charge in [0.25, 0.3) is 0 Å². The molecule has 1 fully saturated rings. The van der Waals surface area contributed by atoms with Gasteiger partial charge < -0.3 is 9.88 Å². The highest BCUT2D eigenvalue weighted by Crippen LogP contribution is 2.12. The molecule has 0 spiro atoms. The summed E-state index contributed by atoms with van der Waals surface area (Å²) in [6.45, 7) is 9.09. The van der Waals surface area contributed by atoms with E-state index in [0.29, 0.717) is 6.04 Å². The van der Waals surface area contributed by atoms with Gasteiger partial charge in [0.2, 0.25) is 5.95 Å². The third-order valence-corrected chi connectivity index (χ3v) is 3.79. The molecule has 102 valence electrons. The second-order valence-corrected chi connectivity index (χ2v) is 5.27. The van der Waals surface area contributed by atoms with E-state index in [0.717, 1.165) is 19.0 Å². The van der Waals surface area contributed by atoms with Crippen LogP contribution in [0.15, 0.2) is 12.4 Å². The Morgan fingerprint density at radius 2 is 2.17 bits per heavy atom. The summed E-state index contributed by atoms with van der Waals surface area (Å²) in [4.78, 5) is 6.96. The summed E-state index contributed by atoms with van der Waals surface area (Å²) >= 11 is 0. The van der Waals surface area contributed by atoms with Crippen molar-refractivity contribution in [3.05, 3.63) is 12.4 Å². The van der Waals surface area contributed by atoms with Crippen molar-refractivity contribution in [2.45, 2.75) is 52.1 Å². The molecule has 1 aromatic heterocycles. The summed E-state index contributed by atoms with van der Waals surface area (Å²) < 4.78 is 2.22. The minimum Gasteiger partial charge on any atom is -0.354 e. The summed E-state index contributed by atoms with van der Waals surface area (Å²) in [7, 11) is 0. The summed E-state index contributed by atoms with van der Waals surface area (Å²) in [6.07, 6.45) is 9.11. The second-order valence-electron chi connectivity index (χ2n) is 5.27. The number of aryl methyl sites for hydroxylation is 1. The highest BCUT2D eigenvalue weighted by Gasteiger charge is 2.17. The molecule has 1 atom stereocenters. The molecule has 0 aliphatic carbocycles. The molecule has 1 saturated heterocycles. The minimum atomic E-state index is 0.601. The van der Waals surface area contributed by atoms with Gasteiger partial charge in [-0.25, -0.2) is 4.98 Å². The number of hydrogen-bond acceptors (Lipinski definition) is 3. The Morgan fingerprint density at radius 1 is 1.39 bits per heavy atom. The van der Waals surface area contributed by atoms with Crippen LogP contribution < -0.4 is 5.32 Å². The lowest BCUT2D eigenvalue weighted by atomic mass is 10.3. The molecule has 2 heterocycles. The molecule has 2 rings (SSSR count). The first-order valence-electron chi connectivity index (χ1n) is 7.30. The zero-order valence-corrected chi connectivity index (χ0v) is 11.7. The average Bonchev–Trinajstić information content (AvgIpc) is 3.04. The number of unbranched alkanes of at least 4 members (excludes halogenated alkanes) is 1. The van der Waals surface area contributed by atoms with E-state index in [2.05, 4.69) is 39.8 Å². The summed E-state index contributed by atoms with van der Waals surface area (Å²) in [6, 6.07) is 0.601.